The molecule has 2 fully saturated rings. The van der Waals surface area contributed by atoms with Gasteiger partial charge in [-0.15, -0.1) is 0 Å². The van der Waals surface area contributed by atoms with Gasteiger partial charge in [-0.2, -0.15) is 4.31 Å². The minimum atomic E-state index is -3.60. The Hall–Kier alpha value is -2.31. The smallest absolute Gasteiger partial charge is 0.244 e. The van der Waals surface area contributed by atoms with E-state index < -0.39 is 31.2 Å². The minimum absolute atomic E-state index is 0.0737. The molecular formula is C29H38N2O7S2. The maximum absolute atomic E-state index is 13.2. The molecule has 0 radical (unpaired) electrons. The van der Waals surface area contributed by atoms with Crippen LogP contribution in [-0.2, 0) is 31.0 Å². The second-order valence-corrected chi connectivity index (χ2v) is 15.8. The highest BCUT2D eigenvalue weighted by molar-refractivity contribution is 7.92. The van der Waals surface area contributed by atoms with Gasteiger partial charge >= 0.3 is 0 Å². The van der Waals surface area contributed by atoms with Crippen molar-refractivity contribution in [3.05, 3.63) is 53.9 Å². The molecule has 1 aromatic heterocycles. The quantitative estimate of drug-likeness (QED) is 0.445. The summed E-state index contributed by atoms with van der Waals surface area (Å²) in [7, 11) is -7.00. The summed E-state index contributed by atoms with van der Waals surface area (Å²) in [4.78, 5) is 4.78. The number of aliphatic hydroxyl groups excluding tert-OH is 1. The number of ether oxygens (including phenoxy) is 2. The van der Waals surface area contributed by atoms with E-state index in [4.69, 9.17) is 9.47 Å². The molecule has 0 bridgehead atoms. The normalized spacial score (nSPS) is 21.6. The molecule has 0 saturated carbocycles. The highest BCUT2D eigenvalue weighted by atomic mass is 32.2. The number of sulfone groups is 1. The van der Waals surface area contributed by atoms with E-state index in [0.717, 1.165) is 24.1 Å². The van der Waals surface area contributed by atoms with E-state index in [1.54, 1.807) is 42.4 Å². The SMILES string of the molecule is CC(C)S(=O)(=O)c1cccc(OC[C@@H](O)CC[C@H]2COC3(CCN(S(=O)(=O)c4cnc5c(c4)CC=C5)CC3)C2)c1. The van der Waals surface area contributed by atoms with Crippen LogP contribution in [0.3, 0.4) is 0 Å². The molecule has 11 heteroatoms. The topological polar surface area (TPSA) is 123 Å². The second kappa shape index (κ2) is 11.5. The fourth-order valence-electron chi connectivity index (χ4n) is 5.72. The van der Waals surface area contributed by atoms with Gasteiger partial charge in [-0.1, -0.05) is 12.1 Å². The summed E-state index contributed by atoms with van der Waals surface area (Å²) in [5, 5.41) is 9.99. The minimum Gasteiger partial charge on any atom is -0.491 e. The first-order chi connectivity index (χ1) is 19.0. The Kier molecular flexibility index (Phi) is 8.41. The highest BCUT2D eigenvalue weighted by Crippen LogP contribution is 2.41. The second-order valence-electron chi connectivity index (χ2n) is 11.4. The zero-order valence-electron chi connectivity index (χ0n) is 23.0. The number of benzene rings is 1. The fraction of sp³-hybridized carbons (Fsp3) is 0.552. The van der Waals surface area contributed by atoms with Gasteiger partial charge in [-0.25, -0.2) is 16.8 Å². The molecule has 2 aliphatic heterocycles. The lowest BCUT2D eigenvalue weighted by molar-refractivity contribution is -0.0314. The van der Waals surface area contributed by atoms with Gasteiger partial charge in [0.25, 0.3) is 0 Å². The molecule has 2 atom stereocenters. The van der Waals surface area contributed by atoms with Crippen LogP contribution in [-0.4, -0.2) is 74.5 Å². The molecule has 1 spiro atoms. The molecule has 3 heterocycles. The first kappa shape index (κ1) is 29.2. The molecule has 40 heavy (non-hydrogen) atoms. The lowest BCUT2D eigenvalue weighted by Crippen LogP contribution is -2.46. The lowest BCUT2D eigenvalue weighted by Gasteiger charge is -2.38. The number of hydrogen-bond acceptors (Lipinski definition) is 8. The van der Waals surface area contributed by atoms with Crippen molar-refractivity contribution in [2.75, 3.05) is 26.3 Å². The molecule has 3 aliphatic rings. The number of allylic oxidation sites excluding steroid dienone is 1. The van der Waals surface area contributed by atoms with Crippen LogP contribution in [0.1, 0.15) is 57.2 Å². The zero-order valence-corrected chi connectivity index (χ0v) is 24.7. The third-order valence-electron chi connectivity index (χ3n) is 8.25. The Morgan fingerprint density at radius 1 is 1.15 bits per heavy atom. The van der Waals surface area contributed by atoms with Gasteiger partial charge in [-0.3, -0.25) is 4.98 Å². The molecule has 218 valence electrons. The van der Waals surface area contributed by atoms with E-state index >= 15 is 0 Å². The van der Waals surface area contributed by atoms with Crippen molar-refractivity contribution >= 4 is 25.9 Å². The van der Waals surface area contributed by atoms with E-state index in [9.17, 15) is 21.9 Å². The summed E-state index contributed by atoms with van der Waals surface area (Å²) in [6.07, 6.45) is 8.81. The number of sulfonamides is 1. The molecule has 9 nitrogen and oxygen atoms in total. The number of nitrogens with zero attached hydrogens (tertiary/aromatic N) is 2. The van der Waals surface area contributed by atoms with E-state index in [-0.39, 0.29) is 27.9 Å². The lowest BCUT2D eigenvalue weighted by atomic mass is 9.84. The largest absolute Gasteiger partial charge is 0.491 e. The summed E-state index contributed by atoms with van der Waals surface area (Å²) >= 11 is 0. The number of piperidine rings is 1. The number of aromatic nitrogens is 1. The van der Waals surface area contributed by atoms with Gasteiger partial charge in [-0.05, 0) is 94.2 Å². The Morgan fingerprint density at radius 2 is 1.93 bits per heavy atom. The van der Waals surface area contributed by atoms with E-state index in [2.05, 4.69) is 4.98 Å². The number of fused-ring (bicyclic) bond motifs is 1. The Balaban J connectivity index is 1.08. The molecule has 0 unspecified atom stereocenters. The van der Waals surface area contributed by atoms with Gasteiger partial charge in [0.2, 0.25) is 10.0 Å². The van der Waals surface area contributed by atoms with Crippen LogP contribution in [0.4, 0.5) is 0 Å². The predicted molar refractivity (Wildman–Crippen MR) is 151 cm³/mol. The van der Waals surface area contributed by atoms with Crippen molar-refractivity contribution < 1.29 is 31.4 Å². The van der Waals surface area contributed by atoms with Crippen LogP contribution in [0, 0.1) is 5.92 Å². The highest BCUT2D eigenvalue weighted by Gasteiger charge is 2.44. The van der Waals surface area contributed by atoms with E-state index in [1.807, 2.05) is 12.2 Å². The van der Waals surface area contributed by atoms with Gasteiger partial charge in [0.1, 0.15) is 17.3 Å². The molecule has 2 aromatic rings. The van der Waals surface area contributed by atoms with Crippen molar-refractivity contribution in [2.45, 2.75) is 79.1 Å². The number of pyridine rings is 1. The molecule has 1 N–H and O–H groups in total. The number of hydrogen-bond donors (Lipinski definition) is 1. The standard InChI is InChI=1S/C29H38N2O7S2/c1-21(2)39(33,34)26-7-4-6-25(16-26)37-20-24(32)10-9-22-17-29(38-19-22)11-13-31(14-12-29)40(35,36)27-15-23-5-3-8-28(23)30-18-27/h3-4,6-8,15-16,18,21-22,24,32H,5,9-14,17,19-20H2,1-2H3/t22-,24+/m1/s1. The molecule has 5 rings (SSSR count). The van der Waals surface area contributed by atoms with Crippen molar-refractivity contribution in [3.63, 3.8) is 0 Å². The maximum Gasteiger partial charge on any atom is 0.244 e. The number of rotatable bonds is 10. The van der Waals surface area contributed by atoms with Crippen molar-refractivity contribution in [3.8, 4) is 5.75 Å². The average molecular weight is 591 g/mol. The summed E-state index contributed by atoms with van der Waals surface area (Å²) in [6.45, 7) is 4.76. The predicted octanol–water partition coefficient (Wildman–Crippen LogP) is 3.61. The summed E-state index contributed by atoms with van der Waals surface area (Å²) in [6, 6.07) is 8.12. The van der Waals surface area contributed by atoms with Crippen LogP contribution in [0.5, 0.6) is 5.75 Å². The monoisotopic (exact) mass is 590 g/mol. The van der Waals surface area contributed by atoms with Crippen molar-refractivity contribution in [2.24, 2.45) is 5.92 Å². The average Bonchev–Trinajstić information content (AvgIpc) is 3.57. The van der Waals surface area contributed by atoms with Crippen molar-refractivity contribution in [1.29, 1.82) is 0 Å². The first-order valence-corrected chi connectivity index (χ1v) is 16.9. The zero-order chi connectivity index (χ0) is 28.5. The molecular weight excluding hydrogens is 552 g/mol. The van der Waals surface area contributed by atoms with Crippen LogP contribution in [0.15, 0.2) is 52.4 Å². The van der Waals surface area contributed by atoms with Gasteiger partial charge in [0.15, 0.2) is 9.84 Å². The first-order valence-electron chi connectivity index (χ1n) is 13.9. The van der Waals surface area contributed by atoms with Crippen LogP contribution in [0.25, 0.3) is 6.08 Å². The van der Waals surface area contributed by atoms with Gasteiger partial charge in [0, 0.05) is 19.3 Å². The Morgan fingerprint density at radius 3 is 2.67 bits per heavy atom. The summed E-state index contributed by atoms with van der Waals surface area (Å²) in [5.41, 5.74) is 1.46. The van der Waals surface area contributed by atoms with Crippen LogP contribution in [0.2, 0.25) is 0 Å². The summed E-state index contributed by atoms with van der Waals surface area (Å²) < 4.78 is 64.8. The van der Waals surface area contributed by atoms with Crippen molar-refractivity contribution in [1.82, 2.24) is 9.29 Å². The third-order valence-corrected chi connectivity index (χ3v) is 12.3. The van der Waals surface area contributed by atoms with Crippen LogP contribution >= 0.6 is 0 Å². The Labute approximate surface area is 237 Å². The van der Waals surface area contributed by atoms with Crippen LogP contribution < -0.4 is 4.74 Å². The summed E-state index contributed by atoms with van der Waals surface area (Å²) in [5.74, 6) is 0.698. The molecule has 2 saturated heterocycles. The Bertz CT molecular complexity index is 1460. The molecule has 0 amide bonds. The van der Waals surface area contributed by atoms with E-state index in [0.29, 0.717) is 51.1 Å². The number of aliphatic hydroxyl groups is 1. The molecule has 1 aliphatic carbocycles. The third kappa shape index (κ3) is 6.13. The van der Waals surface area contributed by atoms with Gasteiger partial charge < -0.3 is 14.6 Å². The molecule has 1 aromatic carbocycles. The maximum atomic E-state index is 13.2. The fourth-order valence-corrected chi connectivity index (χ4v) is 8.26. The van der Waals surface area contributed by atoms with E-state index in [1.165, 1.54) is 12.3 Å². The van der Waals surface area contributed by atoms with Gasteiger partial charge in [0.05, 0.1) is 34.2 Å².